The van der Waals surface area contributed by atoms with Gasteiger partial charge in [-0.2, -0.15) is 0 Å². The van der Waals surface area contributed by atoms with Crippen molar-refractivity contribution in [1.82, 2.24) is 0 Å². The minimum absolute atomic E-state index is 0.435. The Bertz CT molecular complexity index is 231. The number of hydrogen-bond acceptors (Lipinski definition) is 2. The van der Waals surface area contributed by atoms with E-state index in [9.17, 15) is 4.57 Å². The Morgan fingerprint density at radius 3 is 2.18 bits per heavy atom. The van der Waals surface area contributed by atoms with E-state index in [-0.39, 0.29) is 0 Å². The molecule has 0 aliphatic rings. The summed E-state index contributed by atoms with van der Waals surface area (Å²) >= 11 is 5.76. The van der Waals surface area contributed by atoms with E-state index in [1.807, 2.05) is 13.0 Å². The van der Waals surface area contributed by atoms with Gasteiger partial charge in [0.2, 0.25) is 0 Å². The lowest BCUT2D eigenvalue weighted by Gasteiger charge is -2.09. The Morgan fingerprint density at radius 1 is 1.12 bits per heavy atom. The molecule has 1 unspecified atom stereocenters. The Balaban J connectivity index is 3.23. The molecule has 0 aliphatic carbocycles. The van der Waals surface area contributed by atoms with E-state index in [0.29, 0.717) is 12.8 Å². The van der Waals surface area contributed by atoms with E-state index in [4.69, 9.17) is 15.8 Å². The number of unbranched alkanes of at least 4 members (excludes halogenated alkanes) is 7. The summed E-state index contributed by atoms with van der Waals surface area (Å²) in [5, 5.41) is 0. The Kier molecular flexibility index (Phi) is 11.5. The molecule has 0 N–H and O–H groups in total. The van der Waals surface area contributed by atoms with Gasteiger partial charge in [0.1, 0.15) is 0 Å². The molecule has 1 atom stereocenters. The molecule has 0 saturated carbocycles. The molecule has 0 amide bonds. The van der Waals surface area contributed by atoms with Crippen molar-refractivity contribution < 1.29 is 9.09 Å². The van der Waals surface area contributed by atoms with Gasteiger partial charge >= 0.3 is 0 Å². The molecule has 0 saturated heterocycles. The van der Waals surface area contributed by atoms with Gasteiger partial charge in [0.15, 0.2) is 0 Å². The van der Waals surface area contributed by atoms with Gasteiger partial charge in [-0.1, -0.05) is 38.2 Å². The van der Waals surface area contributed by atoms with Crippen LogP contribution < -0.4 is 0 Å². The lowest BCUT2D eigenvalue weighted by Crippen LogP contribution is -1.90. The molecule has 0 aromatic carbocycles. The smallest absolute Gasteiger partial charge is 0.290 e. The molecule has 102 valence electrons. The molecule has 0 aromatic rings. The van der Waals surface area contributed by atoms with Gasteiger partial charge in [-0.15, -0.1) is 6.58 Å². The van der Waals surface area contributed by atoms with Crippen LogP contribution in [0, 0.1) is 0 Å². The first-order chi connectivity index (χ1) is 8.12. The van der Waals surface area contributed by atoms with Crippen molar-refractivity contribution in [2.75, 3.05) is 12.8 Å². The average Bonchev–Trinajstić information content (AvgIpc) is 2.27. The maximum atomic E-state index is 11.6. The molecule has 17 heavy (non-hydrogen) atoms. The number of hydrogen-bond donors (Lipinski definition) is 0. The van der Waals surface area contributed by atoms with Crippen LogP contribution in [-0.4, -0.2) is 12.8 Å². The van der Waals surface area contributed by atoms with Crippen LogP contribution in [0.2, 0.25) is 0 Å². The largest absolute Gasteiger partial charge is 0.318 e. The molecule has 4 heteroatoms. The third-order valence-corrected chi connectivity index (χ3v) is 4.95. The van der Waals surface area contributed by atoms with Crippen molar-refractivity contribution in [2.24, 2.45) is 0 Å². The molecule has 0 aromatic heterocycles. The normalized spacial score (nSPS) is 14.5. The standard InChI is InChI=1S/C13H26ClO2P/c1-3-5-6-7-8-9-10-11-12-13-17(14,15)16-4-2/h3H,1,4-13H2,2H3. The number of halogens is 1. The van der Waals surface area contributed by atoms with Crippen molar-refractivity contribution in [3.8, 4) is 0 Å². The van der Waals surface area contributed by atoms with Crippen LogP contribution in [0.25, 0.3) is 0 Å². The van der Waals surface area contributed by atoms with Gasteiger partial charge in [-0.25, -0.2) is 0 Å². The summed E-state index contributed by atoms with van der Waals surface area (Å²) in [6, 6.07) is 0. The first-order valence-corrected chi connectivity index (χ1v) is 9.38. The lowest BCUT2D eigenvalue weighted by molar-refractivity contribution is 0.344. The van der Waals surface area contributed by atoms with Gasteiger partial charge in [-0.3, -0.25) is 4.57 Å². The fourth-order valence-electron chi connectivity index (χ4n) is 1.73. The zero-order valence-corrected chi connectivity index (χ0v) is 12.6. The van der Waals surface area contributed by atoms with E-state index < -0.39 is 6.72 Å². The van der Waals surface area contributed by atoms with Crippen LogP contribution in [0.3, 0.4) is 0 Å². The summed E-state index contributed by atoms with van der Waals surface area (Å²) in [5.74, 6) is 0. The number of allylic oxidation sites excluding steroid dienone is 1. The molecule has 0 aliphatic heterocycles. The highest BCUT2D eigenvalue weighted by molar-refractivity contribution is 7.85. The quantitative estimate of drug-likeness (QED) is 0.258. The van der Waals surface area contributed by atoms with Gasteiger partial charge < -0.3 is 4.52 Å². The second-order valence-corrected chi connectivity index (χ2v) is 7.72. The van der Waals surface area contributed by atoms with Crippen LogP contribution in [-0.2, 0) is 9.09 Å². The van der Waals surface area contributed by atoms with E-state index in [1.54, 1.807) is 0 Å². The summed E-state index contributed by atoms with van der Waals surface area (Å²) in [6.07, 6.45) is 11.9. The summed E-state index contributed by atoms with van der Waals surface area (Å²) in [5.41, 5.74) is 0. The van der Waals surface area contributed by atoms with Crippen LogP contribution in [0.5, 0.6) is 0 Å². The molecule has 0 heterocycles. The zero-order valence-electron chi connectivity index (χ0n) is 11.0. The highest BCUT2D eigenvalue weighted by Gasteiger charge is 2.17. The highest BCUT2D eigenvalue weighted by Crippen LogP contribution is 2.52. The molecule has 0 radical (unpaired) electrons. The van der Waals surface area contributed by atoms with Gasteiger partial charge in [0.05, 0.1) is 6.61 Å². The first-order valence-electron chi connectivity index (χ1n) is 6.66. The predicted octanol–water partition coefficient (Wildman–Crippen LogP) is 5.76. The molecule has 0 fully saturated rings. The third kappa shape index (κ3) is 12.5. The Hall–Kier alpha value is 0.220. The summed E-state index contributed by atoms with van der Waals surface area (Å²) < 4.78 is 16.6. The Morgan fingerprint density at radius 2 is 1.65 bits per heavy atom. The van der Waals surface area contributed by atoms with Crippen LogP contribution in [0.15, 0.2) is 12.7 Å². The molecular weight excluding hydrogens is 255 g/mol. The second kappa shape index (κ2) is 11.3. The van der Waals surface area contributed by atoms with Crippen LogP contribution >= 0.6 is 18.0 Å². The summed E-state index contributed by atoms with van der Waals surface area (Å²) in [4.78, 5) is 0. The molecule has 2 nitrogen and oxygen atoms in total. The van der Waals surface area contributed by atoms with E-state index in [2.05, 4.69) is 6.58 Å². The second-order valence-electron chi connectivity index (χ2n) is 4.28. The fourth-order valence-corrected chi connectivity index (χ4v) is 3.50. The summed E-state index contributed by atoms with van der Waals surface area (Å²) in [6.45, 7) is 3.16. The first kappa shape index (κ1) is 17.2. The van der Waals surface area contributed by atoms with E-state index >= 15 is 0 Å². The lowest BCUT2D eigenvalue weighted by atomic mass is 10.1. The van der Waals surface area contributed by atoms with Crippen LogP contribution in [0.4, 0.5) is 0 Å². The van der Waals surface area contributed by atoms with Crippen LogP contribution in [0.1, 0.15) is 58.3 Å². The Labute approximate surface area is 111 Å². The molecular formula is C13H26ClO2P. The SMILES string of the molecule is C=CCCCCCCCCCP(=O)(Cl)OCC. The van der Waals surface area contributed by atoms with Gasteiger partial charge in [0.25, 0.3) is 6.72 Å². The third-order valence-electron chi connectivity index (χ3n) is 2.66. The van der Waals surface area contributed by atoms with E-state index in [0.717, 1.165) is 19.3 Å². The summed E-state index contributed by atoms with van der Waals surface area (Å²) in [7, 11) is 0. The minimum atomic E-state index is -2.80. The maximum Gasteiger partial charge on any atom is 0.290 e. The average molecular weight is 281 g/mol. The van der Waals surface area contributed by atoms with Gasteiger partial charge in [0, 0.05) is 6.16 Å². The minimum Gasteiger partial charge on any atom is -0.318 e. The van der Waals surface area contributed by atoms with Gasteiger partial charge in [-0.05, 0) is 37.4 Å². The molecule has 0 rings (SSSR count). The number of rotatable bonds is 12. The molecule has 0 bridgehead atoms. The van der Waals surface area contributed by atoms with E-state index in [1.165, 1.54) is 32.1 Å². The van der Waals surface area contributed by atoms with Crippen molar-refractivity contribution in [3.63, 3.8) is 0 Å². The highest BCUT2D eigenvalue weighted by atomic mass is 35.7. The van der Waals surface area contributed by atoms with Crippen molar-refractivity contribution >= 4 is 18.0 Å². The van der Waals surface area contributed by atoms with Crippen molar-refractivity contribution in [2.45, 2.75) is 58.3 Å². The predicted molar refractivity (Wildman–Crippen MR) is 77.1 cm³/mol. The maximum absolute atomic E-state index is 11.6. The molecule has 0 spiro atoms. The monoisotopic (exact) mass is 280 g/mol. The zero-order chi connectivity index (χ0) is 13.0. The van der Waals surface area contributed by atoms with Crippen molar-refractivity contribution in [3.05, 3.63) is 12.7 Å². The topological polar surface area (TPSA) is 26.3 Å². The van der Waals surface area contributed by atoms with Crippen molar-refractivity contribution in [1.29, 1.82) is 0 Å². The fraction of sp³-hybridized carbons (Fsp3) is 0.846.